The van der Waals surface area contributed by atoms with Crippen molar-refractivity contribution >= 4 is 11.9 Å². The normalized spacial score (nSPS) is 12.1. The molecule has 0 heterocycles. The Morgan fingerprint density at radius 3 is 1.95 bits per heavy atom. The van der Waals surface area contributed by atoms with Crippen molar-refractivity contribution < 1.29 is 33.6 Å². The summed E-state index contributed by atoms with van der Waals surface area (Å²) in [6.45, 7) is 4.85. The molecule has 0 aliphatic rings. The number of carbonyl (C=O) groups is 2. The second-order valence-corrected chi connectivity index (χ2v) is 4.39. The first kappa shape index (κ1) is 19.8. The molecule has 124 valence electrons. The highest BCUT2D eigenvalue weighted by atomic mass is 16.5. The third-order valence-electron chi connectivity index (χ3n) is 2.72. The predicted octanol–water partition coefficient (Wildman–Crippen LogP) is 1.10. The van der Waals surface area contributed by atoms with Crippen LogP contribution in [0, 0.1) is 5.92 Å². The van der Waals surface area contributed by atoms with Crippen LogP contribution in [-0.2, 0) is 28.5 Å². The Labute approximate surface area is 125 Å². The minimum absolute atomic E-state index is 0.0855. The fourth-order valence-electron chi connectivity index (χ4n) is 1.47. The van der Waals surface area contributed by atoms with Crippen LogP contribution in [0.2, 0.25) is 0 Å². The van der Waals surface area contributed by atoms with Crippen molar-refractivity contribution in [2.45, 2.75) is 26.2 Å². The topological polar surface area (TPSA) is 91.3 Å². The van der Waals surface area contributed by atoms with E-state index in [1.807, 2.05) is 0 Å². The molecule has 21 heavy (non-hydrogen) atoms. The molecule has 0 aromatic heterocycles. The van der Waals surface area contributed by atoms with Crippen LogP contribution in [-0.4, -0.2) is 63.8 Å². The Morgan fingerprint density at radius 2 is 1.48 bits per heavy atom. The molecule has 0 aromatic rings. The summed E-state index contributed by atoms with van der Waals surface area (Å²) in [6, 6.07) is 0. The number of unbranched alkanes of at least 4 members (excludes halogenated alkanes) is 1. The Morgan fingerprint density at radius 1 is 0.952 bits per heavy atom. The second kappa shape index (κ2) is 13.8. The molecule has 0 aliphatic carbocycles. The molecule has 7 nitrogen and oxygen atoms in total. The van der Waals surface area contributed by atoms with E-state index in [9.17, 15) is 9.59 Å². The lowest BCUT2D eigenvalue weighted by atomic mass is 10.1. The SMILES string of the molecule is CCCCOCCOCCOCCC(C(=O)O)C(=O)OC. The molecule has 0 aliphatic heterocycles. The van der Waals surface area contributed by atoms with E-state index in [4.69, 9.17) is 19.3 Å². The highest BCUT2D eigenvalue weighted by molar-refractivity contribution is 5.93. The van der Waals surface area contributed by atoms with E-state index in [2.05, 4.69) is 11.7 Å². The zero-order valence-electron chi connectivity index (χ0n) is 12.8. The van der Waals surface area contributed by atoms with Crippen LogP contribution < -0.4 is 0 Å². The molecule has 0 spiro atoms. The smallest absolute Gasteiger partial charge is 0.320 e. The number of rotatable bonds is 14. The number of hydrogen-bond donors (Lipinski definition) is 1. The number of ether oxygens (including phenoxy) is 4. The van der Waals surface area contributed by atoms with Gasteiger partial charge in [0.15, 0.2) is 5.92 Å². The van der Waals surface area contributed by atoms with Gasteiger partial charge in [0.25, 0.3) is 0 Å². The number of carboxylic acids is 1. The highest BCUT2D eigenvalue weighted by Crippen LogP contribution is 2.06. The first-order valence-corrected chi connectivity index (χ1v) is 7.17. The van der Waals surface area contributed by atoms with Gasteiger partial charge in [0, 0.05) is 13.2 Å². The first-order valence-electron chi connectivity index (χ1n) is 7.17. The number of carboxylic acid groups (broad SMARTS) is 1. The summed E-state index contributed by atoms with van der Waals surface area (Å²) < 4.78 is 20.2. The van der Waals surface area contributed by atoms with E-state index < -0.39 is 17.9 Å². The lowest BCUT2D eigenvalue weighted by Gasteiger charge is -2.10. The summed E-state index contributed by atoms with van der Waals surface area (Å²) in [5, 5.41) is 8.84. The molecule has 1 atom stereocenters. The van der Waals surface area contributed by atoms with Crippen molar-refractivity contribution in [2.75, 3.05) is 46.8 Å². The zero-order chi connectivity index (χ0) is 15.9. The van der Waals surface area contributed by atoms with E-state index in [-0.39, 0.29) is 13.0 Å². The van der Waals surface area contributed by atoms with E-state index in [1.165, 1.54) is 0 Å². The fourth-order valence-corrected chi connectivity index (χ4v) is 1.47. The molecule has 0 saturated carbocycles. The van der Waals surface area contributed by atoms with Gasteiger partial charge in [-0.3, -0.25) is 9.59 Å². The fraction of sp³-hybridized carbons (Fsp3) is 0.857. The summed E-state index contributed by atoms with van der Waals surface area (Å²) >= 11 is 0. The maximum Gasteiger partial charge on any atom is 0.320 e. The van der Waals surface area contributed by atoms with Crippen molar-refractivity contribution in [2.24, 2.45) is 5.92 Å². The number of esters is 1. The van der Waals surface area contributed by atoms with Crippen molar-refractivity contribution in [3.8, 4) is 0 Å². The van der Waals surface area contributed by atoms with Crippen molar-refractivity contribution in [3.05, 3.63) is 0 Å². The minimum atomic E-state index is -1.20. The van der Waals surface area contributed by atoms with Gasteiger partial charge < -0.3 is 24.1 Å². The van der Waals surface area contributed by atoms with Gasteiger partial charge in [-0.25, -0.2) is 0 Å². The summed E-state index contributed by atoms with van der Waals surface area (Å²) in [7, 11) is 1.16. The molecule has 0 rings (SSSR count). The van der Waals surface area contributed by atoms with Crippen LogP contribution in [0.3, 0.4) is 0 Å². The molecule has 0 radical (unpaired) electrons. The van der Waals surface area contributed by atoms with Crippen LogP contribution >= 0.6 is 0 Å². The third-order valence-corrected chi connectivity index (χ3v) is 2.72. The molecule has 0 amide bonds. The molecule has 0 aromatic carbocycles. The van der Waals surface area contributed by atoms with Crippen LogP contribution in [0.4, 0.5) is 0 Å². The molecular weight excluding hydrogens is 280 g/mol. The van der Waals surface area contributed by atoms with Crippen molar-refractivity contribution in [1.29, 1.82) is 0 Å². The van der Waals surface area contributed by atoms with Crippen molar-refractivity contribution in [3.63, 3.8) is 0 Å². The van der Waals surface area contributed by atoms with Gasteiger partial charge in [0.2, 0.25) is 0 Å². The van der Waals surface area contributed by atoms with Gasteiger partial charge in [-0.05, 0) is 12.8 Å². The third kappa shape index (κ3) is 11.2. The van der Waals surface area contributed by atoms with Gasteiger partial charge in [-0.15, -0.1) is 0 Å². The van der Waals surface area contributed by atoms with Gasteiger partial charge in [0.05, 0.1) is 33.5 Å². The molecule has 0 saturated heterocycles. The van der Waals surface area contributed by atoms with Crippen LogP contribution in [0.1, 0.15) is 26.2 Å². The van der Waals surface area contributed by atoms with Crippen LogP contribution in [0.25, 0.3) is 0 Å². The molecule has 0 bridgehead atoms. The largest absolute Gasteiger partial charge is 0.481 e. The number of aliphatic carboxylic acids is 1. The Balaban J connectivity index is 3.42. The zero-order valence-corrected chi connectivity index (χ0v) is 12.8. The molecule has 1 unspecified atom stereocenters. The summed E-state index contributed by atoms with van der Waals surface area (Å²) in [5.74, 6) is -3.14. The lowest BCUT2D eigenvalue weighted by Crippen LogP contribution is -2.26. The number of carbonyl (C=O) groups excluding carboxylic acids is 1. The van der Waals surface area contributed by atoms with Crippen LogP contribution in [0.5, 0.6) is 0 Å². The summed E-state index contributed by atoms with van der Waals surface area (Å²) in [4.78, 5) is 22.0. The lowest BCUT2D eigenvalue weighted by molar-refractivity contribution is -0.157. The van der Waals surface area contributed by atoms with Gasteiger partial charge in [-0.1, -0.05) is 13.3 Å². The standard InChI is InChI=1S/C14H26O7/c1-3-4-6-19-8-10-21-11-9-20-7-5-12(13(15)16)14(17)18-2/h12H,3-11H2,1-2H3,(H,15,16). The monoisotopic (exact) mass is 306 g/mol. The Kier molecular flexibility index (Phi) is 13.0. The molecular formula is C14H26O7. The van der Waals surface area contributed by atoms with E-state index in [1.54, 1.807) is 0 Å². The average molecular weight is 306 g/mol. The molecule has 1 N–H and O–H groups in total. The Hall–Kier alpha value is -1.18. The summed E-state index contributed by atoms with van der Waals surface area (Å²) in [5.41, 5.74) is 0. The van der Waals surface area contributed by atoms with E-state index in [0.29, 0.717) is 26.4 Å². The molecule has 7 heteroatoms. The van der Waals surface area contributed by atoms with Crippen LogP contribution in [0.15, 0.2) is 0 Å². The maximum atomic E-state index is 11.2. The quantitative estimate of drug-likeness (QED) is 0.292. The number of methoxy groups -OCH3 is 1. The predicted molar refractivity (Wildman–Crippen MR) is 75.1 cm³/mol. The summed E-state index contributed by atoms with van der Waals surface area (Å²) in [6.07, 6.45) is 2.24. The van der Waals surface area contributed by atoms with Gasteiger partial charge in [-0.2, -0.15) is 0 Å². The van der Waals surface area contributed by atoms with Gasteiger partial charge in [0.1, 0.15) is 0 Å². The average Bonchev–Trinajstić information content (AvgIpc) is 2.47. The highest BCUT2D eigenvalue weighted by Gasteiger charge is 2.26. The molecule has 0 fully saturated rings. The maximum absolute atomic E-state index is 11.2. The van der Waals surface area contributed by atoms with Crippen molar-refractivity contribution in [1.82, 2.24) is 0 Å². The van der Waals surface area contributed by atoms with E-state index in [0.717, 1.165) is 26.6 Å². The minimum Gasteiger partial charge on any atom is -0.481 e. The first-order chi connectivity index (χ1) is 10.1. The second-order valence-electron chi connectivity index (χ2n) is 4.39. The van der Waals surface area contributed by atoms with E-state index >= 15 is 0 Å². The number of hydrogen-bond acceptors (Lipinski definition) is 6. The van der Waals surface area contributed by atoms with Gasteiger partial charge >= 0.3 is 11.9 Å². The Bertz CT molecular complexity index is 280.